The fourth-order valence-electron chi connectivity index (χ4n) is 0.785. The van der Waals surface area contributed by atoms with Gasteiger partial charge in [0.2, 0.25) is 5.91 Å². The molecule has 1 amide bonds. The summed E-state index contributed by atoms with van der Waals surface area (Å²) in [4.78, 5) is 12.3. The third-order valence-corrected chi connectivity index (χ3v) is 1.56. The highest BCUT2D eigenvalue weighted by Crippen LogP contribution is 2.16. The van der Waals surface area contributed by atoms with Crippen LogP contribution in [0, 0.1) is 6.92 Å². The number of carbonyl (C=O) groups is 1. The van der Waals surface area contributed by atoms with Crippen molar-refractivity contribution in [3.8, 4) is 0 Å². The molecule has 0 unspecified atom stereocenters. The molecule has 0 saturated heterocycles. The van der Waals surface area contributed by atoms with Crippen molar-refractivity contribution < 1.29 is 9.32 Å². The first-order valence-electron chi connectivity index (χ1n) is 3.28. The van der Waals surface area contributed by atoms with Gasteiger partial charge in [0.15, 0.2) is 5.76 Å². The lowest BCUT2D eigenvalue weighted by Crippen LogP contribution is -2.22. The van der Waals surface area contributed by atoms with Crippen LogP contribution in [0.2, 0.25) is 0 Å². The summed E-state index contributed by atoms with van der Waals surface area (Å²) in [5, 5.41) is 3.56. The molecule has 0 aliphatic heterocycles. The van der Waals surface area contributed by atoms with Crippen LogP contribution in [0.5, 0.6) is 0 Å². The van der Waals surface area contributed by atoms with Crippen molar-refractivity contribution in [2.24, 2.45) is 0 Å². The van der Waals surface area contributed by atoms with Gasteiger partial charge in [-0.3, -0.25) is 4.79 Å². The Morgan fingerprint density at radius 1 is 1.73 bits per heavy atom. The minimum atomic E-state index is -0.0312. The largest absolute Gasteiger partial charge is 0.359 e. The molecule has 0 aromatic carbocycles. The lowest BCUT2D eigenvalue weighted by atomic mass is 10.4. The number of rotatable bonds is 1. The van der Waals surface area contributed by atoms with Crippen molar-refractivity contribution in [3.05, 3.63) is 12.0 Å². The van der Waals surface area contributed by atoms with Gasteiger partial charge in [0, 0.05) is 14.0 Å². The number of aryl methyl sites for hydroxylation is 1. The Labute approximate surface area is 64.8 Å². The van der Waals surface area contributed by atoms with Gasteiger partial charge < -0.3 is 9.42 Å². The van der Waals surface area contributed by atoms with Gasteiger partial charge in [0.1, 0.15) is 5.69 Å². The van der Waals surface area contributed by atoms with Gasteiger partial charge in [0.25, 0.3) is 0 Å². The third kappa shape index (κ3) is 1.39. The van der Waals surface area contributed by atoms with Crippen molar-refractivity contribution in [1.29, 1.82) is 0 Å². The van der Waals surface area contributed by atoms with E-state index in [-0.39, 0.29) is 5.91 Å². The van der Waals surface area contributed by atoms with E-state index >= 15 is 0 Å². The molecule has 0 aliphatic carbocycles. The van der Waals surface area contributed by atoms with Crippen LogP contribution >= 0.6 is 0 Å². The molecular formula is C7H10N2O2. The molecule has 0 atom stereocenters. The second-order valence-electron chi connectivity index (χ2n) is 2.35. The minimum absolute atomic E-state index is 0.0312. The van der Waals surface area contributed by atoms with E-state index in [1.54, 1.807) is 14.0 Å². The first kappa shape index (κ1) is 7.78. The van der Waals surface area contributed by atoms with Crippen LogP contribution in [0.3, 0.4) is 0 Å². The predicted octanol–water partition coefficient (Wildman–Crippen LogP) is 0.966. The fourth-order valence-corrected chi connectivity index (χ4v) is 0.785. The highest BCUT2D eigenvalue weighted by Gasteiger charge is 2.10. The van der Waals surface area contributed by atoms with Gasteiger partial charge in [-0.25, -0.2) is 0 Å². The Hall–Kier alpha value is -1.32. The Kier molecular flexibility index (Phi) is 1.94. The van der Waals surface area contributed by atoms with Crippen molar-refractivity contribution in [1.82, 2.24) is 5.16 Å². The zero-order chi connectivity index (χ0) is 8.43. The number of anilines is 1. The van der Waals surface area contributed by atoms with Crippen LogP contribution in [0.4, 0.5) is 5.69 Å². The van der Waals surface area contributed by atoms with Gasteiger partial charge >= 0.3 is 0 Å². The second-order valence-corrected chi connectivity index (χ2v) is 2.35. The van der Waals surface area contributed by atoms with E-state index < -0.39 is 0 Å². The molecule has 1 aromatic rings. The van der Waals surface area contributed by atoms with Crippen LogP contribution < -0.4 is 4.90 Å². The SMILES string of the molecule is CC(=O)N(C)c1cnoc1C. The molecule has 0 spiro atoms. The summed E-state index contributed by atoms with van der Waals surface area (Å²) >= 11 is 0. The molecule has 0 saturated carbocycles. The molecule has 1 heterocycles. The number of aromatic nitrogens is 1. The molecule has 4 nitrogen and oxygen atoms in total. The fraction of sp³-hybridized carbons (Fsp3) is 0.429. The van der Waals surface area contributed by atoms with Gasteiger partial charge in [-0.05, 0) is 6.92 Å². The van der Waals surface area contributed by atoms with Gasteiger partial charge in [-0.15, -0.1) is 0 Å². The zero-order valence-electron chi connectivity index (χ0n) is 6.79. The van der Waals surface area contributed by atoms with Crippen LogP contribution in [-0.2, 0) is 4.79 Å². The first-order valence-corrected chi connectivity index (χ1v) is 3.28. The normalized spacial score (nSPS) is 9.73. The highest BCUT2D eigenvalue weighted by atomic mass is 16.5. The maximum Gasteiger partial charge on any atom is 0.223 e. The van der Waals surface area contributed by atoms with E-state index in [4.69, 9.17) is 4.52 Å². The van der Waals surface area contributed by atoms with Gasteiger partial charge in [-0.1, -0.05) is 5.16 Å². The lowest BCUT2D eigenvalue weighted by Gasteiger charge is -2.11. The molecule has 60 valence electrons. The Morgan fingerprint density at radius 2 is 2.36 bits per heavy atom. The first-order chi connectivity index (χ1) is 5.13. The number of hydrogen-bond acceptors (Lipinski definition) is 3. The number of nitrogens with zero attached hydrogens (tertiary/aromatic N) is 2. The summed E-state index contributed by atoms with van der Waals surface area (Å²) in [6.07, 6.45) is 1.52. The quantitative estimate of drug-likeness (QED) is 0.605. The van der Waals surface area contributed by atoms with Crippen molar-refractivity contribution in [2.75, 3.05) is 11.9 Å². The standard InChI is InChI=1S/C7H10N2O2/c1-5-7(4-8-11-5)9(3)6(2)10/h4H,1-3H3. The molecule has 0 fully saturated rings. The van der Waals surface area contributed by atoms with Crippen LogP contribution in [0.25, 0.3) is 0 Å². The van der Waals surface area contributed by atoms with Crippen LogP contribution in [0.15, 0.2) is 10.7 Å². The predicted molar refractivity (Wildman–Crippen MR) is 40.3 cm³/mol. The minimum Gasteiger partial charge on any atom is -0.359 e. The van der Waals surface area contributed by atoms with Crippen molar-refractivity contribution in [2.45, 2.75) is 13.8 Å². The summed E-state index contributed by atoms with van der Waals surface area (Å²) in [7, 11) is 1.68. The second kappa shape index (κ2) is 2.74. The average molecular weight is 154 g/mol. The molecule has 0 radical (unpaired) electrons. The van der Waals surface area contributed by atoms with E-state index in [2.05, 4.69) is 5.16 Å². The monoisotopic (exact) mass is 154 g/mol. The van der Waals surface area contributed by atoms with E-state index in [9.17, 15) is 4.79 Å². The zero-order valence-corrected chi connectivity index (χ0v) is 6.79. The Balaban J connectivity index is 2.92. The number of carbonyl (C=O) groups excluding carboxylic acids is 1. The average Bonchev–Trinajstić information content (AvgIpc) is 2.33. The Bertz CT molecular complexity index is 267. The molecule has 0 aliphatic rings. The Morgan fingerprint density at radius 3 is 2.73 bits per heavy atom. The summed E-state index contributed by atoms with van der Waals surface area (Å²) in [5.74, 6) is 0.624. The van der Waals surface area contributed by atoms with Crippen LogP contribution in [-0.4, -0.2) is 18.1 Å². The molecule has 4 heteroatoms. The van der Waals surface area contributed by atoms with E-state index in [1.165, 1.54) is 18.0 Å². The summed E-state index contributed by atoms with van der Waals surface area (Å²) in [5.41, 5.74) is 0.720. The molecule has 1 rings (SSSR count). The molecule has 0 N–H and O–H groups in total. The molecule has 1 aromatic heterocycles. The summed E-state index contributed by atoms with van der Waals surface area (Å²) < 4.78 is 4.79. The maximum absolute atomic E-state index is 10.9. The van der Waals surface area contributed by atoms with Crippen LogP contribution in [0.1, 0.15) is 12.7 Å². The van der Waals surface area contributed by atoms with Crippen molar-refractivity contribution in [3.63, 3.8) is 0 Å². The van der Waals surface area contributed by atoms with E-state index in [0.717, 1.165) is 5.69 Å². The maximum atomic E-state index is 10.9. The summed E-state index contributed by atoms with van der Waals surface area (Å²) in [6, 6.07) is 0. The van der Waals surface area contributed by atoms with Crippen molar-refractivity contribution >= 4 is 11.6 Å². The molecule has 0 bridgehead atoms. The topological polar surface area (TPSA) is 46.3 Å². The third-order valence-electron chi connectivity index (χ3n) is 1.56. The highest BCUT2D eigenvalue weighted by molar-refractivity contribution is 5.91. The summed E-state index contributed by atoms with van der Waals surface area (Å²) in [6.45, 7) is 3.26. The van der Waals surface area contributed by atoms with Gasteiger partial charge in [0.05, 0.1) is 6.20 Å². The number of amides is 1. The molecular weight excluding hydrogens is 144 g/mol. The molecule has 11 heavy (non-hydrogen) atoms. The van der Waals surface area contributed by atoms with Gasteiger partial charge in [-0.2, -0.15) is 0 Å². The number of hydrogen-bond donors (Lipinski definition) is 0. The van der Waals surface area contributed by atoms with E-state index in [1.807, 2.05) is 0 Å². The smallest absolute Gasteiger partial charge is 0.223 e. The van der Waals surface area contributed by atoms with E-state index in [0.29, 0.717) is 5.76 Å². The lowest BCUT2D eigenvalue weighted by molar-refractivity contribution is -0.116.